The SMILES string of the molecule is [N-]=[N+]=NCCCCCCC(O)(C(=O)N1CCOCC1)c1ccccc1. The molecule has 1 heterocycles. The fourth-order valence-electron chi connectivity index (χ4n) is 3.08. The Morgan fingerprint density at radius 1 is 1.20 bits per heavy atom. The number of amides is 1. The summed E-state index contributed by atoms with van der Waals surface area (Å²) < 4.78 is 5.30. The van der Waals surface area contributed by atoms with Gasteiger partial charge >= 0.3 is 0 Å². The van der Waals surface area contributed by atoms with Gasteiger partial charge in [-0.3, -0.25) is 4.79 Å². The number of unbranched alkanes of at least 4 members (excludes halogenated alkanes) is 3. The third kappa shape index (κ3) is 5.46. The van der Waals surface area contributed by atoms with Crippen molar-refractivity contribution in [2.24, 2.45) is 5.11 Å². The Hall–Kier alpha value is -2.08. The molecule has 0 aliphatic carbocycles. The van der Waals surface area contributed by atoms with Gasteiger partial charge in [0.2, 0.25) is 0 Å². The lowest BCUT2D eigenvalue weighted by Gasteiger charge is -2.35. The van der Waals surface area contributed by atoms with Crippen molar-refractivity contribution in [1.29, 1.82) is 0 Å². The zero-order valence-corrected chi connectivity index (χ0v) is 14.5. The van der Waals surface area contributed by atoms with Gasteiger partial charge in [-0.25, -0.2) is 0 Å². The van der Waals surface area contributed by atoms with Gasteiger partial charge in [0.05, 0.1) is 13.2 Å². The Balaban J connectivity index is 1.99. The summed E-state index contributed by atoms with van der Waals surface area (Å²) in [5, 5.41) is 14.8. The summed E-state index contributed by atoms with van der Waals surface area (Å²) in [5.41, 5.74) is 7.40. The molecule has 1 amide bonds. The predicted molar refractivity (Wildman–Crippen MR) is 94.8 cm³/mol. The average molecular weight is 346 g/mol. The average Bonchev–Trinajstić information content (AvgIpc) is 2.68. The molecular formula is C18H26N4O3. The van der Waals surface area contributed by atoms with Crippen LogP contribution in [0.2, 0.25) is 0 Å². The summed E-state index contributed by atoms with van der Waals surface area (Å²) in [5.74, 6) is -0.240. The Morgan fingerprint density at radius 3 is 2.56 bits per heavy atom. The van der Waals surface area contributed by atoms with Gasteiger partial charge < -0.3 is 14.7 Å². The number of hydrogen-bond donors (Lipinski definition) is 1. The fraction of sp³-hybridized carbons (Fsp3) is 0.611. The highest BCUT2D eigenvalue weighted by Gasteiger charge is 2.40. The van der Waals surface area contributed by atoms with Crippen LogP contribution in [-0.2, 0) is 15.1 Å². The van der Waals surface area contributed by atoms with Crippen LogP contribution in [0.1, 0.15) is 37.7 Å². The van der Waals surface area contributed by atoms with Gasteiger partial charge in [0.25, 0.3) is 5.91 Å². The first-order chi connectivity index (χ1) is 12.2. The molecule has 2 rings (SSSR count). The van der Waals surface area contributed by atoms with Gasteiger partial charge in [-0.05, 0) is 30.4 Å². The summed E-state index contributed by atoms with van der Waals surface area (Å²) in [6, 6.07) is 9.17. The summed E-state index contributed by atoms with van der Waals surface area (Å²) in [7, 11) is 0. The molecule has 1 N–H and O–H groups in total. The molecule has 25 heavy (non-hydrogen) atoms. The molecule has 1 saturated heterocycles. The van der Waals surface area contributed by atoms with Gasteiger partial charge in [0.15, 0.2) is 5.60 Å². The number of carbonyl (C=O) groups excluding carboxylic acids is 1. The molecule has 1 aliphatic heterocycles. The topological polar surface area (TPSA) is 98.5 Å². The highest BCUT2D eigenvalue weighted by molar-refractivity contribution is 5.86. The Bertz CT molecular complexity index is 583. The van der Waals surface area contributed by atoms with E-state index in [0.717, 1.165) is 25.7 Å². The van der Waals surface area contributed by atoms with E-state index in [1.165, 1.54) is 0 Å². The van der Waals surface area contributed by atoms with Crippen LogP contribution in [0.25, 0.3) is 10.4 Å². The molecule has 136 valence electrons. The molecule has 1 aromatic carbocycles. The lowest BCUT2D eigenvalue weighted by Crippen LogP contribution is -2.51. The summed E-state index contributed by atoms with van der Waals surface area (Å²) in [4.78, 5) is 17.4. The lowest BCUT2D eigenvalue weighted by atomic mass is 9.86. The van der Waals surface area contributed by atoms with Crippen molar-refractivity contribution >= 4 is 5.91 Å². The maximum atomic E-state index is 13.0. The molecule has 1 aliphatic rings. The molecule has 0 spiro atoms. The van der Waals surface area contributed by atoms with E-state index in [0.29, 0.717) is 44.8 Å². The van der Waals surface area contributed by atoms with Crippen molar-refractivity contribution in [1.82, 2.24) is 4.90 Å². The van der Waals surface area contributed by atoms with Crippen LogP contribution in [0.5, 0.6) is 0 Å². The Labute approximate surface area is 148 Å². The smallest absolute Gasteiger partial charge is 0.259 e. The molecule has 1 fully saturated rings. The van der Waals surface area contributed by atoms with Gasteiger partial charge in [0.1, 0.15) is 0 Å². The lowest BCUT2D eigenvalue weighted by molar-refractivity contribution is -0.157. The van der Waals surface area contributed by atoms with Crippen molar-refractivity contribution in [2.45, 2.75) is 37.7 Å². The quantitative estimate of drug-likeness (QED) is 0.322. The van der Waals surface area contributed by atoms with E-state index in [-0.39, 0.29) is 5.91 Å². The van der Waals surface area contributed by atoms with Gasteiger partial charge in [-0.15, -0.1) is 0 Å². The standard InChI is InChI=1S/C18H26N4O3/c19-21-20-11-7-2-1-6-10-18(24,16-8-4-3-5-9-16)17(23)22-12-14-25-15-13-22/h3-5,8-9,24H,1-2,6-7,10-15H2. The first kappa shape index (κ1) is 19.2. The number of carbonyl (C=O) groups is 1. The number of rotatable bonds is 9. The van der Waals surface area contributed by atoms with Crippen molar-refractivity contribution < 1.29 is 14.6 Å². The number of azide groups is 1. The number of nitrogens with zero attached hydrogens (tertiary/aromatic N) is 4. The van der Waals surface area contributed by atoms with E-state index in [9.17, 15) is 9.90 Å². The molecule has 0 bridgehead atoms. The molecule has 0 radical (unpaired) electrons. The van der Waals surface area contributed by atoms with Crippen LogP contribution >= 0.6 is 0 Å². The maximum absolute atomic E-state index is 13.0. The van der Waals surface area contributed by atoms with Crippen molar-refractivity contribution in [3.8, 4) is 0 Å². The van der Waals surface area contributed by atoms with Crippen LogP contribution in [0.15, 0.2) is 35.4 Å². The molecule has 7 nitrogen and oxygen atoms in total. The zero-order valence-electron chi connectivity index (χ0n) is 14.5. The summed E-state index contributed by atoms with van der Waals surface area (Å²) >= 11 is 0. The van der Waals surface area contributed by atoms with Crippen LogP contribution in [0, 0.1) is 0 Å². The van der Waals surface area contributed by atoms with Crippen LogP contribution < -0.4 is 0 Å². The maximum Gasteiger partial charge on any atom is 0.259 e. The molecule has 0 aromatic heterocycles. The van der Waals surface area contributed by atoms with E-state index in [4.69, 9.17) is 10.3 Å². The van der Waals surface area contributed by atoms with Crippen LogP contribution in [0.3, 0.4) is 0 Å². The van der Waals surface area contributed by atoms with E-state index < -0.39 is 5.60 Å². The number of ether oxygens (including phenoxy) is 1. The van der Waals surface area contributed by atoms with Crippen molar-refractivity contribution in [3.05, 3.63) is 46.3 Å². The van der Waals surface area contributed by atoms with Gasteiger partial charge in [0, 0.05) is 24.5 Å². The second kappa shape index (κ2) is 10.0. The summed E-state index contributed by atoms with van der Waals surface area (Å²) in [6.45, 7) is 2.54. The monoisotopic (exact) mass is 346 g/mol. The van der Waals surface area contributed by atoms with E-state index >= 15 is 0 Å². The first-order valence-corrected chi connectivity index (χ1v) is 8.84. The molecule has 1 aromatic rings. The minimum Gasteiger partial charge on any atom is -0.378 e. The Morgan fingerprint density at radius 2 is 1.88 bits per heavy atom. The third-order valence-corrected chi connectivity index (χ3v) is 4.51. The number of hydrogen-bond acceptors (Lipinski definition) is 4. The van der Waals surface area contributed by atoms with E-state index in [1.54, 1.807) is 17.0 Å². The summed E-state index contributed by atoms with van der Waals surface area (Å²) in [6.07, 6.45) is 3.74. The van der Waals surface area contributed by atoms with Crippen molar-refractivity contribution in [3.63, 3.8) is 0 Å². The second-order valence-corrected chi connectivity index (χ2v) is 6.25. The molecule has 7 heteroatoms. The highest BCUT2D eigenvalue weighted by Crippen LogP contribution is 2.30. The van der Waals surface area contributed by atoms with E-state index in [1.807, 2.05) is 18.2 Å². The van der Waals surface area contributed by atoms with Crippen LogP contribution in [0.4, 0.5) is 0 Å². The molecule has 0 saturated carbocycles. The molecule has 1 unspecified atom stereocenters. The van der Waals surface area contributed by atoms with Crippen molar-refractivity contribution in [2.75, 3.05) is 32.8 Å². The Kier molecular flexibility index (Phi) is 7.73. The highest BCUT2D eigenvalue weighted by atomic mass is 16.5. The number of benzene rings is 1. The molecule has 1 atom stereocenters. The predicted octanol–water partition coefficient (Wildman–Crippen LogP) is 2.99. The van der Waals surface area contributed by atoms with Gasteiger partial charge in [-0.2, -0.15) is 0 Å². The minimum atomic E-state index is -1.50. The number of morpholine rings is 1. The normalized spacial score (nSPS) is 16.8. The third-order valence-electron chi connectivity index (χ3n) is 4.51. The number of aliphatic hydroxyl groups is 1. The second-order valence-electron chi connectivity index (χ2n) is 6.25. The largest absolute Gasteiger partial charge is 0.378 e. The van der Waals surface area contributed by atoms with Gasteiger partial charge in [-0.1, -0.05) is 48.3 Å². The molecular weight excluding hydrogens is 320 g/mol. The fourth-order valence-corrected chi connectivity index (χ4v) is 3.08. The van der Waals surface area contributed by atoms with E-state index in [2.05, 4.69) is 10.0 Å². The first-order valence-electron chi connectivity index (χ1n) is 8.84. The zero-order chi connectivity index (χ0) is 18.0. The van der Waals surface area contributed by atoms with Crippen LogP contribution in [-0.4, -0.2) is 48.8 Å². The minimum absolute atomic E-state index is 0.240.